The summed E-state index contributed by atoms with van der Waals surface area (Å²) < 4.78 is 16.7. The first-order valence-corrected chi connectivity index (χ1v) is 9.09. The highest BCUT2D eigenvalue weighted by Crippen LogP contribution is 2.30. The number of ether oxygens (including phenoxy) is 2. The molecule has 3 heterocycles. The first kappa shape index (κ1) is 24.2. The minimum atomic E-state index is -0.507. The Bertz CT molecular complexity index is 573. The van der Waals surface area contributed by atoms with Crippen LogP contribution in [0.1, 0.15) is 30.4 Å². The maximum Gasteiger partial charge on any atom is 0.227 e. The molecule has 3 rings (SSSR count). The highest BCUT2D eigenvalue weighted by Gasteiger charge is 2.39. The van der Waals surface area contributed by atoms with Gasteiger partial charge >= 0.3 is 0 Å². The third-order valence-electron chi connectivity index (χ3n) is 5.35. The first-order chi connectivity index (χ1) is 12.1. The average molecular weight is 424 g/mol. The molecule has 1 amide bonds. The Kier molecular flexibility index (Phi) is 10.1. The number of hydrogen-bond donors (Lipinski definition) is 2. The summed E-state index contributed by atoms with van der Waals surface area (Å²) >= 11 is 0. The summed E-state index contributed by atoms with van der Waals surface area (Å²) in [5.41, 5.74) is 5.43. The van der Waals surface area contributed by atoms with Gasteiger partial charge in [-0.25, -0.2) is 0 Å². The van der Waals surface area contributed by atoms with E-state index in [1.165, 1.54) is 0 Å². The van der Waals surface area contributed by atoms with Crippen LogP contribution >= 0.6 is 24.8 Å². The van der Waals surface area contributed by atoms with E-state index in [0.717, 1.165) is 24.6 Å². The van der Waals surface area contributed by atoms with Crippen molar-refractivity contribution in [2.24, 2.45) is 11.1 Å². The Labute approximate surface area is 173 Å². The van der Waals surface area contributed by atoms with Gasteiger partial charge in [0.15, 0.2) is 0 Å². The molecule has 2 saturated heterocycles. The maximum atomic E-state index is 12.9. The quantitative estimate of drug-likeness (QED) is 0.722. The van der Waals surface area contributed by atoms with E-state index in [1.807, 2.05) is 19.1 Å². The summed E-state index contributed by atoms with van der Waals surface area (Å²) in [5.74, 6) is 1.79. The minimum Gasteiger partial charge on any atom is -0.465 e. The average Bonchev–Trinajstić information content (AvgIpc) is 3.09. The topological polar surface area (TPSA) is 90.0 Å². The molecule has 2 aliphatic rings. The largest absolute Gasteiger partial charge is 0.465 e. The van der Waals surface area contributed by atoms with Crippen molar-refractivity contribution in [3.63, 3.8) is 0 Å². The Morgan fingerprint density at radius 2 is 1.81 bits per heavy atom. The van der Waals surface area contributed by atoms with Gasteiger partial charge in [-0.2, -0.15) is 0 Å². The number of carbonyl (C=O) groups is 1. The molecule has 9 heteroatoms. The van der Waals surface area contributed by atoms with Gasteiger partial charge in [0.25, 0.3) is 0 Å². The molecule has 7 nitrogen and oxygen atoms in total. The lowest BCUT2D eigenvalue weighted by atomic mass is 9.79. The lowest BCUT2D eigenvalue weighted by Gasteiger charge is -2.37. The Morgan fingerprint density at radius 1 is 1.19 bits per heavy atom. The molecule has 1 unspecified atom stereocenters. The van der Waals surface area contributed by atoms with Gasteiger partial charge in [-0.15, -0.1) is 24.8 Å². The maximum absolute atomic E-state index is 12.9. The van der Waals surface area contributed by atoms with Gasteiger partial charge in [0.2, 0.25) is 5.91 Å². The van der Waals surface area contributed by atoms with Crippen molar-refractivity contribution in [2.45, 2.75) is 25.8 Å². The molecule has 0 spiro atoms. The fraction of sp³-hybridized carbons (Fsp3) is 0.722. The van der Waals surface area contributed by atoms with Crippen LogP contribution in [0, 0.1) is 12.3 Å². The van der Waals surface area contributed by atoms with Crippen molar-refractivity contribution < 1.29 is 18.7 Å². The second kappa shape index (κ2) is 11.2. The van der Waals surface area contributed by atoms with Crippen LogP contribution in [0.3, 0.4) is 0 Å². The van der Waals surface area contributed by atoms with Gasteiger partial charge in [-0.05, 0) is 31.9 Å². The van der Waals surface area contributed by atoms with Crippen LogP contribution in [0.25, 0.3) is 0 Å². The zero-order valence-electron chi connectivity index (χ0n) is 15.8. The molecule has 156 valence electrons. The molecule has 0 saturated carbocycles. The summed E-state index contributed by atoms with van der Waals surface area (Å²) in [4.78, 5) is 15.2. The fourth-order valence-electron chi connectivity index (χ4n) is 3.59. The van der Waals surface area contributed by atoms with Gasteiger partial charge in [0.05, 0.1) is 24.7 Å². The second-order valence-electron chi connectivity index (χ2n) is 6.92. The monoisotopic (exact) mass is 423 g/mol. The van der Waals surface area contributed by atoms with Crippen molar-refractivity contribution in [1.29, 1.82) is 0 Å². The van der Waals surface area contributed by atoms with Crippen molar-refractivity contribution >= 4 is 30.7 Å². The van der Waals surface area contributed by atoms with E-state index in [4.69, 9.17) is 19.6 Å². The first-order valence-electron chi connectivity index (χ1n) is 9.09. The Morgan fingerprint density at radius 3 is 2.37 bits per heavy atom. The van der Waals surface area contributed by atoms with Crippen LogP contribution in [0.2, 0.25) is 0 Å². The van der Waals surface area contributed by atoms with Crippen molar-refractivity contribution in [3.05, 3.63) is 23.7 Å². The lowest BCUT2D eigenvalue weighted by Crippen LogP contribution is -2.51. The lowest BCUT2D eigenvalue weighted by molar-refractivity contribution is -0.136. The standard InChI is InChI=1S/C18H29N3O4.2ClH/c1-14-2-3-16(25-14)15(21-6-10-24-11-7-21)12-20-17(22)18(13-19)4-8-23-9-5-18;;/h2-3,15H,4-13,19H2,1H3,(H,20,22);2*1H. The number of halogens is 2. The number of carbonyl (C=O) groups excluding carboxylic acids is 1. The number of nitrogens with two attached hydrogens (primary N) is 1. The summed E-state index contributed by atoms with van der Waals surface area (Å²) in [5, 5.41) is 3.13. The van der Waals surface area contributed by atoms with E-state index in [0.29, 0.717) is 52.4 Å². The minimum absolute atomic E-state index is 0. The number of furan rings is 1. The van der Waals surface area contributed by atoms with E-state index in [-0.39, 0.29) is 36.8 Å². The van der Waals surface area contributed by atoms with Crippen LogP contribution in [-0.4, -0.2) is 63.4 Å². The van der Waals surface area contributed by atoms with Crippen LogP contribution in [0.4, 0.5) is 0 Å². The number of rotatable bonds is 6. The number of aryl methyl sites for hydroxylation is 1. The number of nitrogens with zero attached hydrogens (tertiary/aromatic N) is 1. The smallest absolute Gasteiger partial charge is 0.227 e. The number of amides is 1. The van der Waals surface area contributed by atoms with Crippen molar-refractivity contribution in [3.8, 4) is 0 Å². The van der Waals surface area contributed by atoms with Crippen LogP contribution < -0.4 is 11.1 Å². The second-order valence-corrected chi connectivity index (χ2v) is 6.92. The molecular formula is C18H31Cl2N3O4. The molecule has 0 bridgehead atoms. The summed E-state index contributed by atoms with van der Waals surface area (Å²) in [6.07, 6.45) is 1.36. The van der Waals surface area contributed by atoms with E-state index in [1.54, 1.807) is 0 Å². The Hall–Kier alpha value is -0.830. The molecule has 1 aromatic heterocycles. The molecule has 1 atom stereocenters. The molecule has 0 radical (unpaired) electrons. The number of hydrogen-bond acceptors (Lipinski definition) is 6. The zero-order chi connectivity index (χ0) is 17.7. The fourth-order valence-corrected chi connectivity index (χ4v) is 3.59. The highest BCUT2D eigenvalue weighted by atomic mass is 35.5. The van der Waals surface area contributed by atoms with Crippen LogP contribution in [-0.2, 0) is 14.3 Å². The molecule has 0 aromatic carbocycles. The van der Waals surface area contributed by atoms with Crippen molar-refractivity contribution in [1.82, 2.24) is 10.2 Å². The molecular weight excluding hydrogens is 393 g/mol. The zero-order valence-corrected chi connectivity index (χ0v) is 17.4. The number of nitrogens with one attached hydrogen (secondary N) is 1. The molecule has 3 N–H and O–H groups in total. The van der Waals surface area contributed by atoms with Gasteiger partial charge in [-0.3, -0.25) is 9.69 Å². The number of morpholine rings is 1. The molecule has 27 heavy (non-hydrogen) atoms. The van der Waals surface area contributed by atoms with E-state index in [2.05, 4.69) is 10.2 Å². The highest BCUT2D eigenvalue weighted by molar-refractivity contribution is 5.85. The van der Waals surface area contributed by atoms with Gasteiger partial charge in [0.1, 0.15) is 11.5 Å². The third-order valence-corrected chi connectivity index (χ3v) is 5.35. The van der Waals surface area contributed by atoms with E-state index in [9.17, 15) is 4.79 Å². The summed E-state index contributed by atoms with van der Waals surface area (Å²) in [7, 11) is 0. The van der Waals surface area contributed by atoms with Crippen LogP contribution in [0.15, 0.2) is 16.5 Å². The van der Waals surface area contributed by atoms with Crippen molar-refractivity contribution in [2.75, 3.05) is 52.6 Å². The molecule has 1 aromatic rings. The third kappa shape index (κ3) is 5.82. The SMILES string of the molecule is Cc1ccc(C(CNC(=O)C2(CN)CCOCC2)N2CCOCC2)o1.Cl.Cl. The van der Waals surface area contributed by atoms with Gasteiger partial charge < -0.3 is 24.9 Å². The normalized spacial score (nSPS) is 20.8. The van der Waals surface area contributed by atoms with Gasteiger partial charge in [-0.1, -0.05) is 0 Å². The molecule has 0 aliphatic carbocycles. The van der Waals surface area contributed by atoms with Gasteiger partial charge in [0, 0.05) is 39.4 Å². The van der Waals surface area contributed by atoms with Crippen LogP contribution in [0.5, 0.6) is 0 Å². The summed E-state index contributed by atoms with van der Waals surface area (Å²) in [6.45, 7) is 7.04. The summed E-state index contributed by atoms with van der Waals surface area (Å²) in [6, 6.07) is 3.97. The molecule has 2 aliphatic heterocycles. The Balaban J connectivity index is 0.00000182. The predicted molar refractivity (Wildman–Crippen MR) is 108 cm³/mol. The van der Waals surface area contributed by atoms with E-state index >= 15 is 0 Å². The van der Waals surface area contributed by atoms with E-state index < -0.39 is 5.41 Å². The molecule has 2 fully saturated rings. The predicted octanol–water partition coefficient (Wildman–Crippen LogP) is 1.68.